The minimum atomic E-state index is -0.724. The second-order valence-electron chi connectivity index (χ2n) is 7.82. The number of hydrogen-bond donors (Lipinski definition) is 1. The van der Waals surface area contributed by atoms with Gasteiger partial charge in [0.15, 0.2) is 12.4 Å². The number of non-ortho nitro benzene ring substituents is 1. The first kappa shape index (κ1) is 26.0. The maximum Gasteiger partial charge on any atom is 0.311 e. The van der Waals surface area contributed by atoms with Gasteiger partial charge in [0.2, 0.25) is 5.75 Å². The molecule has 1 heterocycles. The summed E-state index contributed by atoms with van der Waals surface area (Å²) >= 11 is 6.02. The molecule has 0 fully saturated rings. The molecule has 14 heteroatoms. The lowest BCUT2D eigenvalue weighted by Crippen LogP contribution is -2.14. The van der Waals surface area contributed by atoms with Crippen molar-refractivity contribution in [1.29, 1.82) is 0 Å². The van der Waals surface area contributed by atoms with Crippen LogP contribution in [0.1, 0.15) is 16.1 Å². The average molecular weight is 542 g/mol. The van der Waals surface area contributed by atoms with E-state index in [1.807, 2.05) is 0 Å². The molecule has 4 aromatic rings. The smallest absolute Gasteiger partial charge is 0.311 e. The Balaban J connectivity index is 1.48. The molecule has 194 valence electrons. The Morgan fingerprint density at radius 1 is 1.05 bits per heavy atom. The second-order valence-corrected chi connectivity index (χ2v) is 8.23. The van der Waals surface area contributed by atoms with Crippen LogP contribution in [0.15, 0.2) is 66.9 Å². The summed E-state index contributed by atoms with van der Waals surface area (Å²) in [6, 6.07) is 12.7. The van der Waals surface area contributed by atoms with E-state index in [9.17, 15) is 29.4 Å². The molecule has 12 nitrogen and oxygen atoms in total. The first-order chi connectivity index (χ1) is 18.1. The Morgan fingerprint density at radius 2 is 1.84 bits per heavy atom. The third-order valence-electron chi connectivity index (χ3n) is 5.07. The maximum absolute atomic E-state index is 13.5. The molecule has 0 aliphatic heterocycles. The van der Waals surface area contributed by atoms with Gasteiger partial charge in [0.25, 0.3) is 11.6 Å². The minimum Gasteiger partial charge on any atom is -0.464 e. The normalized spacial score (nSPS) is 10.6. The number of aromatic nitrogens is 2. The van der Waals surface area contributed by atoms with Crippen molar-refractivity contribution in [3.05, 3.63) is 109 Å². The van der Waals surface area contributed by atoms with Crippen molar-refractivity contribution in [1.82, 2.24) is 9.78 Å². The van der Waals surface area contributed by atoms with Gasteiger partial charge < -0.3 is 14.8 Å². The summed E-state index contributed by atoms with van der Waals surface area (Å²) in [6.07, 6.45) is 1.37. The van der Waals surface area contributed by atoms with Crippen molar-refractivity contribution in [3.63, 3.8) is 0 Å². The SMILES string of the molecule is Cc1cc(Oc2cc(NC(=O)c3ccn(COc4cc(F)ccc4[N+](=O)[O-])n3)cc([N+](=O)[O-])c2)ccc1Cl. The highest BCUT2D eigenvalue weighted by molar-refractivity contribution is 6.31. The van der Waals surface area contributed by atoms with Gasteiger partial charge in [0, 0.05) is 35.5 Å². The molecule has 0 saturated carbocycles. The molecular formula is C24H17ClFN5O7. The number of carbonyl (C=O) groups excluding carboxylic acids is 1. The van der Waals surface area contributed by atoms with Gasteiger partial charge in [0.05, 0.1) is 21.6 Å². The van der Waals surface area contributed by atoms with Gasteiger partial charge in [-0.15, -0.1) is 0 Å². The Kier molecular flexibility index (Phi) is 7.48. The van der Waals surface area contributed by atoms with E-state index in [2.05, 4.69) is 10.4 Å². The topological polar surface area (TPSA) is 152 Å². The lowest BCUT2D eigenvalue weighted by molar-refractivity contribution is -0.386. The molecule has 1 aromatic heterocycles. The van der Waals surface area contributed by atoms with Crippen LogP contribution in [0.2, 0.25) is 5.02 Å². The molecule has 0 saturated heterocycles. The van der Waals surface area contributed by atoms with Crippen LogP contribution in [0, 0.1) is 33.0 Å². The lowest BCUT2D eigenvalue weighted by atomic mass is 10.2. The fraction of sp³-hybridized carbons (Fsp3) is 0.0833. The summed E-state index contributed by atoms with van der Waals surface area (Å²) in [7, 11) is 0. The predicted molar refractivity (Wildman–Crippen MR) is 133 cm³/mol. The summed E-state index contributed by atoms with van der Waals surface area (Å²) in [6.45, 7) is 1.42. The predicted octanol–water partition coefficient (Wildman–Crippen LogP) is 5.88. The first-order valence-corrected chi connectivity index (χ1v) is 11.1. The molecule has 0 unspecified atom stereocenters. The van der Waals surface area contributed by atoms with Gasteiger partial charge >= 0.3 is 5.69 Å². The number of nitrogens with one attached hydrogen (secondary N) is 1. The van der Waals surface area contributed by atoms with E-state index < -0.39 is 27.3 Å². The molecule has 0 bridgehead atoms. The van der Waals surface area contributed by atoms with Gasteiger partial charge in [-0.2, -0.15) is 5.10 Å². The van der Waals surface area contributed by atoms with Crippen LogP contribution in [-0.4, -0.2) is 25.5 Å². The molecule has 1 N–H and O–H groups in total. The Hall–Kier alpha value is -5.04. The third-order valence-corrected chi connectivity index (χ3v) is 5.49. The fourth-order valence-corrected chi connectivity index (χ4v) is 3.39. The third kappa shape index (κ3) is 6.20. The summed E-state index contributed by atoms with van der Waals surface area (Å²) in [5.74, 6) is -1.24. The van der Waals surface area contributed by atoms with Crippen LogP contribution in [-0.2, 0) is 6.73 Å². The molecule has 3 aromatic carbocycles. The van der Waals surface area contributed by atoms with Gasteiger partial charge in [0.1, 0.15) is 17.3 Å². The molecule has 0 spiro atoms. The molecular weight excluding hydrogens is 525 g/mol. The number of carbonyl (C=O) groups is 1. The number of anilines is 1. The van der Waals surface area contributed by atoms with Crippen molar-refractivity contribution in [2.24, 2.45) is 0 Å². The Bertz CT molecular complexity index is 1560. The van der Waals surface area contributed by atoms with E-state index in [4.69, 9.17) is 21.1 Å². The number of rotatable bonds is 9. The number of nitro groups is 2. The van der Waals surface area contributed by atoms with Gasteiger partial charge in [-0.1, -0.05) is 11.6 Å². The van der Waals surface area contributed by atoms with Gasteiger partial charge in [-0.25, -0.2) is 9.07 Å². The highest BCUT2D eigenvalue weighted by Crippen LogP contribution is 2.32. The Morgan fingerprint density at radius 3 is 2.55 bits per heavy atom. The first-order valence-electron chi connectivity index (χ1n) is 10.7. The quantitative estimate of drug-likeness (QED) is 0.203. The lowest BCUT2D eigenvalue weighted by Gasteiger charge is -2.10. The molecule has 4 rings (SSSR count). The van der Waals surface area contributed by atoms with Crippen LogP contribution in [0.3, 0.4) is 0 Å². The maximum atomic E-state index is 13.5. The standard InChI is InChI=1S/C24H17ClFN5O7/c1-14-8-18(3-4-20(14)25)38-19-11-16(10-17(12-19)30(33)34)27-24(32)21-6-7-29(28-21)13-37-23-9-15(26)2-5-22(23)31(35)36/h2-12H,13H2,1H3,(H,27,32). The van der Waals surface area contributed by atoms with E-state index in [0.717, 1.165) is 34.5 Å². The molecule has 38 heavy (non-hydrogen) atoms. The monoisotopic (exact) mass is 541 g/mol. The molecule has 0 atom stereocenters. The van der Waals surface area contributed by atoms with Crippen LogP contribution < -0.4 is 14.8 Å². The molecule has 1 amide bonds. The number of halogens is 2. The largest absolute Gasteiger partial charge is 0.464 e. The van der Waals surface area contributed by atoms with Crippen LogP contribution in [0.4, 0.5) is 21.5 Å². The van der Waals surface area contributed by atoms with E-state index in [0.29, 0.717) is 10.8 Å². The van der Waals surface area contributed by atoms with E-state index in [1.165, 1.54) is 24.4 Å². The van der Waals surface area contributed by atoms with Crippen molar-refractivity contribution in [3.8, 4) is 17.2 Å². The van der Waals surface area contributed by atoms with Crippen molar-refractivity contribution in [2.45, 2.75) is 13.7 Å². The zero-order valence-electron chi connectivity index (χ0n) is 19.5. The fourth-order valence-electron chi connectivity index (χ4n) is 3.28. The summed E-state index contributed by atoms with van der Waals surface area (Å²) in [5, 5.41) is 29.6. The summed E-state index contributed by atoms with van der Waals surface area (Å²) in [4.78, 5) is 33.9. The molecule has 0 aliphatic carbocycles. The summed E-state index contributed by atoms with van der Waals surface area (Å²) < 4.78 is 25.7. The van der Waals surface area contributed by atoms with E-state index in [-0.39, 0.29) is 35.3 Å². The number of nitro benzene ring substituents is 2. The average Bonchev–Trinajstić information content (AvgIpc) is 3.34. The number of amides is 1. The molecule has 0 aliphatic rings. The summed E-state index contributed by atoms with van der Waals surface area (Å²) in [5.41, 5.74) is -0.0153. The van der Waals surface area contributed by atoms with Gasteiger partial charge in [-0.05, 0) is 42.8 Å². The number of benzene rings is 3. The van der Waals surface area contributed by atoms with Crippen molar-refractivity contribution < 1.29 is 28.5 Å². The van der Waals surface area contributed by atoms with Crippen LogP contribution in [0.25, 0.3) is 0 Å². The minimum absolute atomic E-state index is 0.0751. The second kappa shape index (κ2) is 10.9. The van der Waals surface area contributed by atoms with Crippen molar-refractivity contribution >= 4 is 34.6 Å². The van der Waals surface area contributed by atoms with Crippen molar-refractivity contribution in [2.75, 3.05) is 5.32 Å². The number of hydrogen-bond acceptors (Lipinski definition) is 8. The molecule has 0 radical (unpaired) electrons. The van der Waals surface area contributed by atoms with Crippen LogP contribution >= 0.6 is 11.6 Å². The van der Waals surface area contributed by atoms with Crippen LogP contribution in [0.5, 0.6) is 17.2 Å². The van der Waals surface area contributed by atoms with E-state index in [1.54, 1.807) is 25.1 Å². The highest BCUT2D eigenvalue weighted by atomic mass is 35.5. The van der Waals surface area contributed by atoms with Gasteiger partial charge in [-0.3, -0.25) is 25.0 Å². The highest BCUT2D eigenvalue weighted by Gasteiger charge is 2.18. The number of nitrogens with zero attached hydrogens (tertiary/aromatic N) is 4. The zero-order chi connectivity index (χ0) is 27.4. The Labute approximate surface area is 218 Å². The van der Waals surface area contributed by atoms with E-state index >= 15 is 0 Å². The number of aryl methyl sites for hydroxylation is 1. The number of ether oxygens (including phenoxy) is 2. The zero-order valence-corrected chi connectivity index (χ0v) is 20.2.